The minimum Gasteiger partial charge on any atom is -0.497 e. The molecule has 0 aliphatic carbocycles. The molecule has 0 radical (unpaired) electrons. The van der Waals surface area contributed by atoms with E-state index in [4.69, 9.17) is 14.7 Å². The number of rotatable bonds is 7. The van der Waals surface area contributed by atoms with Gasteiger partial charge in [0.1, 0.15) is 23.5 Å². The van der Waals surface area contributed by atoms with Gasteiger partial charge in [0.25, 0.3) is 5.91 Å². The highest BCUT2D eigenvalue weighted by atomic mass is 16.5. The van der Waals surface area contributed by atoms with Crippen LogP contribution in [-0.2, 0) is 4.79 Å². The van der Waals surface area contributed by atoms with Crippen molar-refractivity contribution in [1.29, 1.82) is 5.26 Å². The van der Waals surface area contributed by atoms with Crippen LogP contribution < -0.4 is 14.8 Å². The third-order valence-corrected chi connectivity index (χ3v) is 6.40. The average Bonchev–Trinajstić information content (AvgIpc) is 3.37. The highest BCUT2D eigenvalue weighted by molar-refractivity contribution is 5.95. The van der Waals surface area contributed by atoms with Crippen molar-refractivity contribution in [2.45, 2.75) is 6.42 Å². The van der Waals surface area contributed by atoms with E-state index in [1.807, 2.05) is 36.4 Å². The molecule has 2 amide bonds. The van der Waals surface area contributed by atoms with Gasteiger partial charge in [0, 0.05) is 25.7 Å². The highest BCUT2D eigenvalue weighted by Gasteiger charge is 2.46. The molecule has 178 valence electrons. The summed E-state index contributed by atoms with van der Waals surface area (Å²) in [5, 5.41) is 11.7. The fourth-order valence-electron chi connectivity index (χ4n) is 4.30. The number of nitrogens with zero attached hydrogens (tertiary/aromatic N) is 2. The van der Waals surface area contributed by atoms with Gasteiger partial charge in [-0.2, -0.15) is 5.26 Å². The van der Waals surface area contributed by atoms with Crippen LogP contribution in [0.15, 0.2) is 72.8 Å². The molecule has 0 unspecified atom stereocenters. The van der Waals surface area contributed by atoms with Gasteiger partial charge in [0.05, 0.1) is 18.7 Å². The van der Waals surface area contributed by atoms with E-state index in [9.17, 15) is 9.59 Å². The lowest BCUT2D eigenvalue weighted by Gasteiger charge is -2.27. The van der Waals surface area contributed by atoms with E-state index in [0.29, 0.717) is 35.6 Å². The van der Waals surface area contributed by atoms with Crippen LogP contribution in [0.25, 0.3) is 11.1 Å². The summed E-state index contributed by atoms with van der Waals surface area (Å²) in [4.78, 5) is 27.6. The van der Waals surface area contributed by atoms with Gasteiger partial charge >= 0.3 is 0 Å². The molecule has 1 N–H and O–H groups in total. The number of hydrogen-bond acceptors (Lipinski definition) is 5. The zero-order valence-electron chi connectivity index (χ0n) is 19.8. The van der Waals surface area contributed by atoms with Crippen LogP contribution in [0.2, 0.25) is 0 Å². The van der Waals surface area contributed by atoms with Gasteiger partial charge in [0.15, 0.2) is 0 Å². The first-order valence-electron chi connectivity index (χ1n) is 11.4. The van der Waals surface area contributed by atoms with Gasteiger partial charge in [-0.05, 0) is 66.1 Å². The van der Waals surface area contributed by atoms with Crippen LogP contribution in [0, 0.1) is 16.7 Å². The van der Waals surface area contributed by atoms with Crippen LogP contribution in [0.1, 0.15) is 22.3 Å². The van der Waals surface area contributed by atoms with Crippen molar-refractivity contribution in [3.8, 4) is 28.7 Å². The largest absolute Gasteiger partial charge is 0.497 e. The molecule has 0 aromatic heterocycles. The summed E-state index contributed by atoms with van der Waals surface area (Å²) in [6.07, 6.45) is 0.512. The maximum atomic E-state index is 13.0. The van der Waals surface area contributed by atoms with Gasteiger partial charge in [-0.25, -0.2) is 0 Å². The molecule has 7 heteroatoms. The van der Waals surface area contributed by atoms with Crippen LogP contribution >= 0.6 is 0 Å². The zero-order valence-corrected chi connectivity index (χ0v) is 19.8. The Morgan fingerprint density at radius 3 is 2.14 bits per heavy atom. The van der Waals surface area contributed by atoms with E-state index in [1.165, 1.54) is 0 Å². The smallest absolute Gasteiger partial charge is 0.253 e. The summed E-state index contributed by atoms with van der Waals surface area (Å²) in [7, 11) is 3.18. The summed E-state index contributed by atoms with van der Waals surface area (Å²) in [5.74, 6) is 1.06. The van der Waals surface area contributed by atoms with Crippen LogP contribution in [0.5, 0.6) is 11.5 Å². The Bertz CT molecular complexity index is 1230. The molecule has 4 rings (SSSR count). The normalized spacial score (nSPS) is 16.9. The minimum atomic E-state index is -0.831. The van der Waals surface area contributed by atoms with E-state index >= 15 is 0 Å². The number of carbonyl (C=O) groups excluding carboxylic acids is 2. The quantitative estimate of drug-likeness (QED) is 0.567. The summed E-state index contributed by atoms with van der Waals surface area (Å²) in [5.41, 5.74) is 2.34. The van der Waals surface area contributed by atoms with Crippen molar-refractivity contribution >= 4 is 11.8 Å². The van der Waals surface area contributed by atoms with Crippen LogP contribution in [0.4, 0.5) is 0 Å². The molecule has 35 heavy (non-hydrogen) atoms. The van der Waals surface area contributed by atoms with Crippen molar-refractivity contribution < 1.29 is 19.1 Å². The van der Waals surface area contributed by atoms with Crippen molar-refractivity contribution in [3.05, 3.63) is 83.9 Å². The molecule has 1 aliphatic heterocycles. The Morgan fingerprint density at radius 2 is 1.57 bits per heavy atom. The van der Waals surface area contributed by atoms with Gasteiger partial charge in [-0.15, -0.1) is 0 Å². The second-order valence-electron chi connectivity index (χ2n) is 8.57. The van der Waals surface area contributed by atoms with Crippen molar-refractivity contribution in [2.24, 2.45) is 5.41 Å². The molecule has 7 nitrogen and oxygen atoms in total. The molecule has 0 saturated carbocycles. The molecule has 1 saturated heterocycles. The van der Waals surface area contributed by atoms with E-state index < -0.39 is 5.41 Å². The molecule has 0 spiro atoms. The summed E-state index contributed by atoms with van der Waals surface area (Å²) < 4.78 is 11.2. The number of nitriles is 1. The van der Waals surface area contributed by atoms with Crippen LogP contribution in [0.3, 0.4) is 0 Å². The molecule has 1 atom stereocenters. The first-order chi connectivity index (χ1) is 17.0. The van der Waals surface area contributed by atoms with Crippen LogP contribution in [-0.4, -0.2) is 50.6 Å². The zero-order chi connectivity index (χ0) is 24.8. The maximum absolute atomic E-state index is 13.0. The number of likely N-dealkylation sites (tertiary alicyclic amines) is 1. The lowest BCUT2D eigenvalue weighted by Crippen LogP contribution is -2.46. The summed E-state index contributed by atoms with van der Waals surface area (Å²) in [6, 6.07) is 24.1. The molecule has 3 aromatic rings. The Labute approximate surface area is 204 Å². The average molecular weight is 470 g/mol. The number of methoxy groups -OCH3 is 1. The fourth-order valence-corrected chi connectivity index (χ4v) is 4.30. The third-order valence-electron chi connectivity index (χ3n) is 6.40. The Kier molecular flexibility index (Phi) is 7.02. The number of nitrogens with one attached hydrogen (secondary N) is 1. The van der Waals surface area contributed by atoms with Crippen molar-refractivity contribution in [2.75, 3.05) is 33.9 Å². The summed E-state index contributed by atoms with van der Waals surface area (Å²) in [6.45, 7) is 0.912. The van der Waals surface area contributed by atoms with Gasteiger partial charge in [0.2, 0.25) is 5.91 Å². The third kappa shape index (κ3) is 5.12. The Hall–Kier alpha value is -4.31. The Morgan fingerprint density at radius 1 is 0.971 bits per heavy atom. The van der Waals surface area contributed by atoms with E-state index in [2.05, 4.69) is 11.4 Å². The Balaban J connectivity index is 1.44. The topological polar surface area (TPSA) is 91.7 Å². The van der Waals surface area contributed by atoms with E-state index in [1.54, 1.807) is 55.5 Å². The lowest BCUT2D eigenvalue weighted by atomic mass is 9.87. The second kappa shape index (κ2) is 10.3. The highest BCUT2D eigenvalue weighted by Crippen LogP contribution is 2.33. The van der Waals surface area contributed by atoms with Gasteiger partial charge in [-0.1, -0.05) is 24.3 Å². The van der Waals surface area contributed by atoms with E-state index in [-0.39, 0.29) is 25.0 Å². The molecular weight excluding hydrogens is 442 g/mol. The predicted molar refractivity (Wildman–Crippen MR) is 132 cm³/mol. The monoisotopic (exact) mass is 469 g/mol. The van der Waals surface area contributed by atoms with E-state index in [0.717, 1.165) is 11.1 Å². The number of ether oxygens (including phenoxy) is 2. The maximum Gasteiger partial charge on any atom is 0.253 e. The second-order valence-corrected chi connectivity index (χ2v) is 8.57. The molecule has 1 heterocycles. The minimum absolute atomic E-state index is 0.120. The molecule has 0 bridgehead atoms. The lowest BCUT2D eigenvalue weighted by molar-refractivity contribution is -0.131. The van der Waals surface area contributed by atoms with Crippen molar-refractivity contribution in [1.82, 2.24) is 10.2 Å². The molecule has 1 fully saturated rings. The molecular formula is C28H27N3O4. The standard InChI is InChI=1S/C28H27N3O4/c1-30-27(33)28(15-16-31(18-28)26(32)23-9-11-24(34-2)12-10-23)19-35-25-13-7-22(8-14-25)21-5-3-20(17-29)4-6-21/h3-14H,15-16,18-19H2,1-2H3,(H,30,33)/t28-/m1/s1. The molecule has 3 aromatic carbocycles. The van der Waals surface area contributed by atoms with Gasteiger partial charge < -0.3 is 19.7 Å². The number of benzene rings is 3. The number of carbonyl (C=O) groups is 2. The van der Waals surface area contributed by atoms with Crippen molar-refractivity contribution in [3.63, 3.8) is 0 Å². The SMILES string of the molecule is CNC(=O)[C@]1(COc2ccc(-c3ccc(C#N)cc3)cc2)CCN(C(=O)c2ccc(OC)cc2)C1. The number of hydrogen-bond donors (Lipinski definition) is 1. The first-order valence-corrected chi connectivity index (χ1v) is 11.4. The van der Waals surface area contributed by atoms with Gasteiger partial charge in [-0.3, -0.25) is 9.59 Å². The predicted octanol–water partition coefficient (Wildman–Crippen LogP) is 3.89. The fraction of sp³-hybridized carbons (Fsp3) is 0.250. The first kappa shape index (κ1) is 23.8. The molecule has 1 aliphatic rings. The number of amides is 2. The summed E-state index contributed by atoms with van der Waals surface area (Å²) >= 11 is 0.